The van der Waals surface area contributed by atoms with Crippen LogP contribution in [0.4, 0.5) is 0 Å². The lowest BCUT2D eigenvalue weighted by Crippen LogP contribution is -2.30. The molecule has 0 aliphatic heterocycles. The highest BCUT2D eigenvalue weighted by molar-refractivity contribution is 7.47. The van der Waals surface area contributed by atoms with Crippen molar-refractivity contribution in [3.8, 4) is 0 Å². The summed E-state index contributed by atoms with van der Waals surface area (Å²) in [5, 5.41) is 10.5. The highest BCUT2D eigenvalue weighted by Gasteiger charge is 2.30. The first-order valence-corrected chi connectivity index (χ1v) is 35.3. The third-order valence-electron chi connectivity index (χ3n) is 15.2. The highest BCUT2D eigenvalue weighted by Crippen LogP contribution is 2.45. The first kappa shape index (κ1) is 79.1. The number of carbonyl (C=O) groups is 4. The molecule has 0 heterocycles. The molecule has 0 aromatic heterocycles. The summed E-state index contributed by atoms with van der Waals surface area (Å²) in [6, 6.07) is 0. The molecule has 8 atom stereocenters. The third kappa shape index (κ3) is 53.3. The van der Waals surface area contributed by atoms with Crippen LogP contribution in [0.15, 0.2) is 0 Å². The van der Waals surface area contributed by atoms with Crippen LogP contribution in [0.2, 0.25) is 0 Å². The van der Waals surface area contributed by atoms with Crippen LogP contribution in [-0.2, 0) is 65.4 Å². The molecule has 0 radical (unpaired) electrons. The topological polar surface area (TPSA) is 237 Å². The second kappa shape index (κ2) is 52.4. The van der Waals surface area contributed by atoms with Gasteiger partial charge >= 0.3 is 39.5 Å². The van der Waals surface area contributed by atoms with Crippen molar-refractivity contribution < 1.29 is 80.2 Å². The Morgan fingerprint density at radius 3 is 0.877 bits per heavy atom. The van der Waals surface area contributed by atoms with Crippen molar-refractivity contribution >= 4 is 39.5 Å². The average molecular weight is 1200 g/mol. The highest BCUT2D eigenvalue weighted by atomic mass is 31.2. The average Bonchev–Trinajstić information content (AvgIpc) is 3.44. The molecule has 0 saturated carbocycles. The monoisotopic (exact) mass is 1200 g/mol. The molecule has 0 aromatic carbocycles. The molecular weight excluding hydrogens is 1080 g/mol. The molecule has 0 amide bonds. The van der Waals surface area contributed by atoms with Gasteiger partial charge in [0.2, 0.25) is 0 Å². The number of carbonyl (C=O) groups excluding carboxylic acids is 4. The summed E-state index contributed by atoms with van der Waals surface area (Å²) in [5.41, 5.74) is 0. The molecule has 0 bridgehead atoms. The second-order valence-electron chi connectivity index (χ2n) is 23.6. The Labute approximate surface area is 492 Å². The Bertz CT molecular complexity index is 1630. The molecule has 17 nitrogen and oxygen atoms in total. The number of unbranched alkanes of at least 4 members (excludes halogenated alkanes) is 22. The Morgan fingerprint density at radius 2 is 0.593 bits per heavy atom. The zero-order chi connectivity index (χ0) is 60.4. The molecule has 0 aromatic rings. The maximum Gasteiger partial charge on any atom is 0.472 e. The lowest BCUT2D eigenvalue weighted by atomic mass is 9.99. The SMILES string of the molecule is CCC(C)CCCCCCCCCCC(=O)O[C@H](COC(=O)CCCCCCCCC(C)C)COP(=O)(O)OC[C@H](O)COP(=O)(O)OC[C@@H](COC(=O)CCCCCCCCC(C)CC)OC(=O)CCCCCCCCC(C)CC. The van der Waals surface area contributed by atoms with E-state index in [1.807, 2.05) is 0 Å². The summed E-state index contributed by atoms with van der Waals surface area (Å²) >= 11 is 0. The van der Waals surface area contributed by atoms with Crippen LogP contribution in [0, 0.1) is 23.7 Å². The van der Waals surface area contributed by atoms with Gasteiger partial charge in [-0.05, 0) is 49.4 Å². The van der Waals surface area contributed by atoms with E-state index in [1.54, 1.807) is 0 Å². The van der Waals surface area contributed by atoms with Crippen LogP contribution in [0.5, 0.6) is 0 Å². The van der Waals surface area contributed by atoms with Crippen molar-refractivity contribution in [3.63, 3.8) is 0 Å². The minimum absolute atomic E-state index is 0.101. The third-order valence-corrected chi connectivity index (χ3v) is 17.1. The predicted octanol–water partition coefficient (Wildman–Crippen LogP) is 16.6. The lowest BCUT2D eigenvalue weighted by Gasteiger charge is -2.21. The molecule has 0 fully saturated rings. The molecule has 0 spiro atoms. The first-order valence-electron chi connectivity index (χ1n) is 32.3. The molecule has 19 heteroatoms. The zero-order valence-corrected chi connectivity index (χ0v) is 54.2. The van der Waals surface area contributed by atoms with Crippen LogP contribution in [0.1, 0.15) is 293 Å². The molecule has 5 unspecified atom stereocenters. The smallest absolute Gasteiger partial charge is 0.462 e. The number of phosphoric ester groups is 2. The largest absolute Gasteiger partial charge is 0.472 e. The van der Waals surface area contributed by atoms with Crippen molar-refractivity contribution in [1.82, 2.24) is 0 Å². The van der Waals surface area contributed by atoms with Crippen LogP contribution in [0.25, 0.3) is 0 Å². The fourth-order valence-electron chi connectivity index (χ4n) is 8.98. The molecule has 3 N–H and O–H groups in total. The van der Waals surface area contributed by atoms with E-state index in [0.29, 0.717) is 31.6 Å². The van der Waals surface area contributed by atoms with Gasteiger partial charge in [-0.2, -0.15) is 0 Å². The van der Waals surface area contributed by atoms with E-state index >= 15 is 0 Å². The van der Waals surface area contributed by atoms with Gasteiger partial charge in [0.05, 0.1) is 26.4 Å². The lowest BCUT2D eigenvalue weighted by molar-refractivity contribution is -0.161. The summed E-state index contributed by atoms with van der Waals surface area (Å²) in [7, 11) is -9.89. The molecule has 0 aliphatic rings. The molecule has 480 valence electrons. The van der Waals surface area contributed by atoms with Crippen molar-refractivity contribution in [1.29, 1.82) is 0 Å². The first-order chi connectivity index (χ1) is 38.7. The molecule has 0 rings (SSSR count). The number of phosphoric acid groups is 2. The van der Waals surface area contributed by atoms with Gasteiger partial charge in [-0.1, -0.05) is 242 Å². The predicted molar refractivity (Wildman–Crippen MR) is 321 cm³/mol. The van der Waals surface area contributed by atoms with Gasteiger partial charge < -0.3 is 33.8 Å². The summed E-state index contributed by atoms with van der Waals surface area (Å²) < 4.78 is 67.9. The number of rotatable bonds is 59. The fourth-order valence-corrected chi connectivity index (χ4v) is 10.6. The number of aliphatic hydroxyl groups is 1. The van der Waals surface area contributed by atoms with Crippen molar-refractivity contribution in [2.24, 2.45) is 23.7 Å². The van der Waals surface area contributed by atoms with Crippen LogP contribution >= 0.6 is 15.6 Å². The number of hydrogen-bond donors (Lipinski definition) is 3. The number of esters is 4. The van der Waals surface area contributed by atoms with Crippen LogP contribution < -0.4 is 0 Å². The van der Waals surface area contributed by atoms with E-state index < -0.39 is 97.5 Å². The van der Waals surface area contributed by atoms with Gasteiger partial charge in [-0.15, -0.1) is 0 Å². The molecule has 0 aliphatic carbocycles. The zero-order valence-electron chi connectivity index (χ0n) is 52.4. The van der Waals surface area contributed by atoms with E-state index in [2.05, 4.69) is 55.4 Å². The standard InChI is InChI=1S/C62H120O17P2/c1-9-53(6)39-31-23-14-12-13-15-28-36-44-61(66)78-57(48-72-59(64)42-34-26-19-16-22-30-38-52(4)5)50-76-80(68,69)74-46-56(63)47-75-81(70,71)77-51-58(79-62(67)45-37-29-21-18-25-33-41-55(8)11-3)49-73-60(65)43-35-27-20-17-24-32-40-54(7)10-2/h52-58,63H,9-51H2,1-8H3,(H,68,69)(H,70,71)/t53?,54?,55?,56-,57+,58+/m0/s1. The number of aliphatic hydroxyl groups excluding tert-OH is 1. The summed E-state index contributed by atoms with van der Waals surface area (Å²) in [6.07, 6.45) is 30.9. The Balaban J connectivity index is 5.27. The van der Waals surface area contributed by atoms with E-state index in [0.717, 1.165) is 120 Å². The van der Waals surface area contributed by atoms with E-state index in [-0.39, 0.29) is 25.7 Å². The second-order valence-corrected chi connectivity index (χ2v) is 26.6. The van der Waals surface area contributed by atoms with Crippen molar-refractivity contribution in [2.45, 2.75) is 311 Å². The Morgan fingerprint density at radius 1 is 0.346 bits per heavy atom. The van der Waals surface area contributed by atoms with Crippen molar-refractivity contribution in [3.05, 3.63) is 0 Å². The van der Waals surface area contributed by atoms with Crippen LogP contribution in [0.3, 0.4) is 0 Å². The maximum absolute atomic E-state index is 12.9. The summed E-state index contributed by atoms with van der Waals surface area (Å²) in [6.45, 7) is 13.9. The fraction of sp³-hybridized carbons (Fsp3) is 0.935. The van der Waals surface area contributed by atoms with Gasteiger partial charge in [0.15, 0.2) is 12.2 Å². The normalized spacial score (nSPS) is 15.5. The van der Waals surface area contributed by atoms with Gasteiger partial charge in [0, 0.05) is 25.7 Å². The van der Waals surface area contributed by atoms with Gasteiger partial charge in [0.25, 0.3) is 0 Å². The molecule has 81 heavy (non-hydrogen) atoms. The molecule has 0 saturated heterocycles. The Kier molecular flexibility index (Phi) is 51.1. The number of ether oxygens (including phenoxy) is 4. The minimum atomic E-state index is -4.94. The Hall–Kier alpha value is -1.94. The maximum atomic E-state index is 12.9. The quantitative estimate of drug-likeness (QED) is 0.0222. The summed E-state index contributed by atoms with van der Waals surface area (Å²) in [5.74, 6) is 0.753. The van der Waals surface area contributed by atoms with Crippen LogP contribution in [-0.4, -0.2) is 96.7 Å². The van der Waals surface area contributed by atoms with E-state index in [4.69, 9.17) is 37.0 Å². The number of hydrogen-bond acceptors (Lipinski definition) is 15. The summed E-state index contributed by atoms with van der Waals surface area (Å²) in [4.78, 5) is 72.1. The van der Waals surface area contributed by atoms with Crippen molar-refractivity contribution in [2.75, 3.05) is 39.6 Å². The van der Waals surface area contributed by atoms with E-state index in [1.165, 1.54) is 83.5 Å². The van der Waals surface area contributed by atoms with Gasteiger partial charge in [-0.3, -0.25) is 37.3 Å². The molecular formula is C62H120O17P2. The van der Waals surface area contributed by atoms with E-state index in [9.17, 15) is 43.2 Å². The van der Waals surface area contributed by atoms with Gasteiger partial charge in [-0.25, -0.2) is 9.13 Å². The van der Waals surface area contributed by atoms with Gasteiger partial charge in [0.1, 0.15) is 19.3 Å². The minimum Gasteiger partial charge on any atom is -0.462 e.